The van der Waals surface area contributed by atoms with Crippen LogP contribution in [0.3, 0.4) is 0 Å². The Bertz CT molecular complexity index is 2790. The molecule has 228 valence electrons. The fraction of sp³-hybridized carbons (Fsp3) is 0. The molecule has 0 aliphatic carbocycles. The Morgan fingerprint density at radius 1 is 0.367 bits per heavy atom. The summed E-state index contributed by atoms with van der Waals surface area (Å²) in [5.41, 5.74) is 9.44. The molecule has 8 aromatic carbocycles. The van der Waals surface area contributed by atoms with E-state index in [0.717, 1.165) is 11.3 Å². The molecule has 0 spiro atoms. The van der Waals surface area contributed by atoms with E-state index in [1.165, 1.54) is 85.9 Å². The molecule has 10 aromatic rings. The maximum Gasteiger partial charge on any atom is 0.0714 e. The van der Waals surface area contributed by atoms with Crippen LogP contribution in [0.5, 0.6) is 0 Å². The van der Waals surface area contributed by atoms with E-state index in [-0.39, 0.29) is 0 Å². The average Bonchev–Trinajstić information content (AvgIpc) is 3.54. The highest BCUT2D eigenvalue weighted by Gasteiger charge is 2.18. The second-order valence-corrected chi connectivity index (χ2v) is 13.7. The van der Waals surface area contributed by atoms with Crippen LogP contribution in [0.4, 0.5) is 0 Å². The Labute approximate surface area is 288 Å². The first-order valence-corrected chi connectivity index (χ1v) is 17.5. The Kier molecular flexibility index (Phi) is 6.43. The first-order valence-electron chi connectivity index (χ1n) is 16.7. The Hall–Kier alpha value is -6.09. The molecule has 0 unspecified atom stereocenters. The van der Waals surface area contributed by atoms with Gasteiger partial charge in [0.25, 0.3) is 0 Å². The van der Waals surface area contributed by atoms with Crippen LogP contribution in [0.1, 0.15) is 0 Å². The molecule has 2 heterocycles. The summed E-state index contributed by atoms with van der Waals surface area (Å²) >= 11 is 1.87. The lowest BCUT2D eigenvalue weighted by molar-refractivity contribution is 1.34. The number of pyridine rings is 1. The molecule has 0 saturated carbocycles. The normalized spacial score (nSPS) is 11.7. The maximum absolute atomic E-state index is 5.18. The lowest BCUT2D eigenvalue weighted by Gasteiger charge is -2.17. The molecular weight excluding hydrogens is 611 g/mol. The molecule has 0 bridgehead atoms. The van der Waals surface area contributed by atoms with E-state index >= 15 is 0 Å². The Balaban J connectivity index is 1.11. The number of benzene rings is 8. The van der Waals surface area contributed by atoms with Gasteiger partial charge in [0.1, 0.15) is 0 Å². The number of rotatable bonds is 4. The third-order valence-corrected chi connectivity index (χ3v) is 11.1. The van der Waals surface area contributed by atoms with Crippen LogP contribution in [0.25, 0.3) is 97.1 Å². The molecule has 0 aliphatic rings. The van der Waals surface area contributed by atoms with Gasteiger partial charge in [-0.1, -0.05) is 152 Å². The minimum absolute atomic E-state index is 0.983. The van der Waals surface area contributed by atoms with Crippen molar-refractivity contribution >= 4 is 63.8 Å². The van der Waals surface area contributed by atoms with Gasteiger partial charge in [0.05, 0.1) is 5.69 Å². The average molecular weight is 640 g/mol. The van der Waals surface area contributed by atoms with Crippen molar-refractivity contribution in [2.24, 2.45) is 0 Å². The van der Waals surface area contributed by atoms with Gasteiger partial charge in [0.2, 0.25) is 0 Å². The zero-order chi connectivity index (χ0) is 32.3. The summed E-state index contributed by atoms with van der Waals surface area (Å²) in [6, 6.07) is 61.6. The van der Waals surface area contributed by atoms with E-state index in [2.05, 4.69) is 176 Å². The number of hydrogen-bond donors (Lipinski definition) is 0. The summed E-state index contributed by atoms with van der Waals surface area (Å²) in [4.78, 5) is 5.18. The SMILES string of the molecule is c1ccc(-c2ccc(-c3c4ccccc4c(-c4ccc(-c5cccc6c5sc5cc7ccccc7cc56)cn4)c4ccccc34)cc2)cc1. The summed E-state index contributed by atoms with van der Waals surface area (Å²) in [5.74, 6) is 0. The molecule has 0 N–H and O–H groups in total. The molecular formula is C47H29NS. The molecule has 0 saturated heterocycles. The second kappa shape index (κ2) is 11.3. The van der Waals surface area contributed by atoms with Crippen molar-refractivity contribution < 1.29 is 0 Å². The molecule has 0 amide bonds. The van der Waals surface area contributed by atoms with Crippen LogP contribution in [-0.2, 0) is 0 Å². The fourth-order valence-corrected chi connectivity index (χ4v) is 8.86. The highest BCUT2D eigenvalue weighted by atomic mass is 32.1. The van der Waals surface area contributed by atoms with Gasteiger partial charge in [-0.3, -0.25) is 4.98 Å². The highest BCUT2D eigenvalue weighted by Crippen LogP contribution is 2.45. The minimum Gasteiger partial charge on any atom is -0.256 e. The van der Waals surface area contributed by atoms with E-state index in [4.69, 9.17) is 4.98 Å². The number of hydrogen-bond acceptors (Lipinski definition) is 2. The van der Waals surface area contributed by atoms with E-state index in [0.29, 0.717) is 0 Å². The van der Waals surface area contributed by atoms with Gasteiger partial charge in [0, 0.05) is 43.1 Å². The van der Waals surface area contributed by atoms with E-state index in [1.54, 1.807) is 0 Å². The zero-order valence-electron chi connectivity index (χ0n) is 26.6. The molecule has 0 aliphatic heterocycles. The maximum atomic E-state index is 5.18. The van der Waals surface area contributed by atoms with E-state index in [1.807, 2.05) is 11.3 Å². The third kappa shape index (κ3) is 4.57. The Morgan fingerprint density at radius 2 is 0.918 bits per heavy atom. The van der Waals surface area contributed by atoms with Crippen molar-refractivity contribution in [1.82, 2.24) is 4.98 Å². The molecule has 0 radical (unpaired) electrons. The third-order valence-electron chi connectivity index (χ3n) is 9.91. The fourth-order valence-electron chi connectivity index (χ4n) is 7.59. The largest absolute Gasteiger partial charge is 0.256 e. The van der Waals surface area contributed by atoms with Crippen LogP contribution in [0.2, 0.25) is 0 Å². The molecule has 49 heavy (non-hydrogen) atoms. The monoisotopic (exact) mass is 639 g/mol. The molecule has 10 rings (SSSR count). The van der Waals surface area contributed by atoms with Crippen molar-refractivity contribution in [3.63, 3.8) is 0 Å². The quantitative estimate of drug-likeness (QED) is 0.175. The van der Waals surface area contributed by atoms with Crippen molar-refractivity contribution in [2.45, 2.75) is 0 Å². The molecule has 1 nitrogen and oxygen atoms in total. The summed E-state index contributed by atoms with van der Waals surface area (Å²) in [5, 5.41) is 10.1. The number of fused-ring (bicyclic) bond motifs is 6. The van der Waals surface area contributed by atoms with Crippen LogP contribution in [0.15, 0.2) is 176 Å². The predicted molar refractivity (Wildman–Crippen MR) is 211 cm³/mol. The molecule has 2 aromatic heterocycles. The zero-order valence-corrected chi connectivity index (χ0v) is 27.4. The highest BCUT2D eigenvalue weighted by molar-refractivity contribution is 7.26. The van der Waals surface area contributed by atoms with E-state index in [9.17, 15) is 0 Å². The van der Waals surface area contributed by atoms with Gasteiger partial charge in [0.15, 0.2) is 0 Å². The summed E-state index contributed by atoms with van der Waals surface area (Å²) in [7, 11) is 0. The molecule has 0 fully saturated rings. The second-order valence-electron chi connectivity index (χ2n) is 12.7. The van der Waals surface area contributed by atoms with Gasteiger partial charge in [-0.25, -0.2) is 0 Å². The number of nitrogens with zero attached hydrogens (tertiary/aromatic N) is 1. The van der Waals surface area contributed by atoms with Crippen LogP contribution in [-0.4, -0.2) is 4.98 Å². The molecule has 2 heteroatoms. The van der Waals surface area contributed by atoms with Gasteiger partial charge < -0.3 is 0 Å². The predicted octanol–water partition coefficient (Wildman–Crippen LogP) is 13.6. The van der Waals surface area contributed by atoms with Crippen molar-refractivity contribution in [2.75, 3.05) is 0 Å². The lowest BCUT2D eigenvalue weighted by Crippen LogP contribution is -1.92. The van der Waals surface area contributed by atoms with Gasteiger partial charge in [-0.05, 0) is 72.8 Å². The minimum atomic E-state index is 0.983. The van der Waals surface area contributed by atoms with Crippen molar-refractivity contribution in [3.8, 4) is 44.6 Å². The van der Waals surface area contributed by atoms with Crippen LogP contribution in [0, 0.1) is 0 Å². The first-order chi connectivity index (χ1) is 24.3. The summed E-state index contributed by atoms with van der Waals surface area (Å²) in [6.07, 6.45) is 2.06. The van der Waals surface area contributed by atoms with Gasteiger partial charge >= 0.3 is 0 Å². The van der Waals surface area contributed by atoms with Crippen LogP contribution < -0.4 is 0 Å². The Morgan fingerprint density at radius 3 is 1.59 bits per heavy atom. The van der Waals surface area contributed by atoms with Gasteiger partial charge in [-0.15, -0.1) is 11.3 Å². The standard InChI is InChI=1S/C47H29NS/c1-2-11-30(12-3-1)31-21-23-32(24-22-31)45-37-15-6-8-17-39(37)46(40-18-9-7-16-38(40)45)43-26-25-35(29-48-43)36-19-10-20-41-42-27-33-13-4-5-14-34(33)28-44(42)49-47(36)41/h1-29H. The lowest BCUT2D eigenvalue weighted by atomic mass is 9.87. The van der Waals surface area contributed by atoms with Crippen molar-refractivity contribution in [3.05, 3.63) is 176 Å². The van der Waals surface area contributed by atoms with Crippen LogP contribution >= 0.6 is 11.3 Å². The van der Waals surface area contributed by atoms with Gasteiger partial charge in [-0.2, -0.15) is 0 Å². The summed E-state index contributed by atoms with van der Waals surface area (Å²) < 4.78 is 2.62. The number of aromatic nitrogens is 1. The van der Waals surface area contributed by atoms with Crippen molar-refractivity contribution in [1.29, 1.82) is 0 Å². The summed E-state index contributed by atoms with van der Waals surface area (Å²) in [6.45, 7) is 0. The van der Waals surface area contributed by atoms with E-state index < -0.39 is 0 Å². The topological polar surface area (TPSA) is 12.9 Å². The first kappa shape index (κ1) is 28.0. The number of thiophene rings is 1. The smallest absolute Gasteiger partial charge is 0.0714 e. The molecule has 0 atom stereocenters.